The first-order chi connectivity index (χ1) is 8.78. The lowest BCUT2D eigenvalue weighted by atomic mass is 10.3. The van der Waals surface area contributed by atoms with Crippen LogP contribution in [0.15, 0.2) is 40.3 Å². The summed E-state index contributed by atoms with van der Waals surface area (Å²) >= 11 is 8.49. The molecule has 0 amide bonds. The maximum atomic E-state index is 5.84. The summed E-state index contributed by atoms with van der Waals surface area (Å²) in [6.45, 7) is 0. The minimum absolute atomic E-state index is 0.650. The molecule has 0 saturated carbocycles. The molecule has 18 heavy (non-hydrogen) atoms. The van der Waals surface area contributed by atoms with Crippen molar-refractivity contribution in [2.24, 2.45) is 0 Å². The van der Waals surface area contributed by atoms with E-state index in [1.54, 1.807) is 11.3 Å². The molecule has 6 heteroatoms. The summed E-state index contributed by atoms with van der Waals surface area (Å²) in [4.78, 5) is 5.42. The summed E-state index contributed by atoms with van der Waals surface area (Å²) < 4.78 is 8.86. The van der Waals surface area contributed by atoms with Crippen LogP contribution in [0.4, 0.5) is 0 Å². The smallest absolute Gasteiger partial charge is 0.243 e. The van der Waals surface area contributed by atoms with Gasteiger partial charge in [0, 0.05) is 21.4 Å². The van der Waals surface area contributed by atoms with Crippen LogP contribution in [0, 0.1) is 0 Å². The van der Waals surface area contributed by atoms with Gasteiger partial charge >= 0.3 is 0 Å². The van der Waals surface area contributed by atoms with Gasteiger partial charge in [-0.25, -0.2) is 0 Å². The first-order valence-electron chi connectivity index (χ1n) is 5.22. The number of nitrogens with zero attached hydrogens (tertiary/aromatic N) is 2. The van der Waals surface area contributed by atoms with Gasteiger partial charge in [0.15, 0.2) is 4.96 Å². The number of thiazole rings is 1. The molecular weight excluding hydrogens is 380 g/mol. The molecule has 0 saturated heterocycles. The topological polar surface area (TPSA) is 26.5 Å². The molecule has 3 nitrogen and oxygen atoms in total. The van der Waals surface area contributed by atoms with Gasteiger partial charge in [-0.05, 0) is 18.2 Å². The molecule has 92 valence electrons. The number of fused-ring (bicyclic) bond motifs is 1. The molecule has 0 atom stereocenters. The number of alkyl halides is 1. The molecule has 0 aliphatic heterocycles. The van der Waals surface area contributed by atoms with E-state index in [0.29, 0.717) is 11.2 Å². The summed E-state index contributed by atoms with van der Waals surface area (Å²) in [6.07, 6.45) is 2.00. The molecule has 0 unspecified atom stereocenters. The molecule has 2 aromatic heterocycles. The van der Waals surface area contributed by atoms with E-state index in [4.69, 9.17) is 4.74 Å². The van der Waals surface area contributed by atoms with Crippen LogP contribution in [0.2, 0.25) is 0 Å². The van der Waals surface area contributed by atoms with Gasteiger partial charge in [0.25, 0.3) is 0 Å². The molecule has 0 aliphatic carbocycles. The average Bonchev–Trinajstić information content (AvgIpc) is 2.89. The fourth-order valence-electron chi connectivity index (χ4n) is 1.66. The highest BCUT2D eigenvalue weighted by atomic mass is 79.9. The van der Waals surface area contributed by atoms with Crippen LogP contribution in [0.25, 0.3) is 4.96 Å². The molecule has 0 bridgehead atoms. The Balaban J connectivity index is 2.01. The highest BCUT2D eigenvalue weighted by Gasteiger charge is 2.14. The second kappa shape index (κ2) is 5.03. The first kappa shape index (κ1) is 12.2. The third-order valence-electron chi connectivity index (χ3n) is 2.46. The lowest BCUT2D eigenvalue weighted by Gasteiger charge is -2.04. The number of aromatic nitrogens is 2. The van der Waals surface area contributed by atoms with Crippen LogP contribution in [-0.2, 0) is 5.33 Å². The predicted octanol–water partition coefficient (Wildman–Crippen LogP) is 4.85. The Morgan fingerprint density at radius 2 is 2.28 bits per heavy atom. The van der Waals surface area contributed by atoms with Crippen LogP contribution in [0.3, 0.4) is 0 Å². The Morgan fingerprint density at radius 1 is 1.39 bits per heavy atom. The molecule has 0 radical (unpaired) electrons. The van der Waals surface area contributed by atoms with Crippen molar-refractivity contribution in [1.29, 1.82) is 0 Å². The van der Waals surface area contributed by atoms with Crippen molar-refractivity contribution >= 4 is 48.2 Å². The molecule has 3 rings (SSSR count). The first-order valence-corrected chi connectivity index (χ1v) is 8.01. The van der Waals surface area contributed by atoms with Crippen molar-refractivity contribution in [3.63, 3.8) is 0 Å². The predicted molar refractivity (Wildman–Crippen MR) is 79.9 cm³/mol. The maximum absolute atomic E-state index is 5.84. The zero-order chi connectivity index (χ0) is 12.5. The van der Waals surface area contributed by atoms with E-state index < -0.39 is 0 Å². The van der Waals surface area contributed by atoms with Crippen LogP contribution >= 0.6 is 43.2 Å². The Labute approximate surface area is 125 Å². The van der Waals surface area contributed by atoms with E-state index in [1.807, 2.05) is 40.2 Å². The number of imidazole rings is 1. The molecule has 0 spiro atoms. The van der Waals surface area contributed by atoms with E-state index in [1.165, 1.54) is 0 Å². The standard InChI is InChI=1S/C12H8Br2N2OS/c13-7-10-11(15-12-16(10)4-5-18-12)17-9-3-1-2-8(14)6-9/h1-6H,7H2. The summed E-state index contributed by atoms with van der Waals surface area (Å²) in [7, 11) is 0. The fourth-order valence-corrected chi connectivity index (χ4v) is 3.27. The van der Waals surface area contributed by atoms with Gasteiger partial charge in [0.05, 0.1) is 5.69 Å². The van der Waals surface area contributed by atoms with Gasteiger partial charge in [0.1, 0.15) is 5.75 Å². The van der Waals surface area contributed by atoms with Crippen LogP contribution in [0.1, 0.15) is 5.69 Å². The zero-order valence-electron chi connectivity index (χ0n) is 9.14. The minimum Gasteiger partial charge on any atom is -0.437 e. The van der Waals surface area contributed by atoms with E-state index in [9.17, 15) is 0 Å². The summed E-state index contributed by atoms with van der Waals surface area (Å²) in [6, 6.07) is 7.73. The number of rotatable bonds is 3. The fraction of sp³-hybridized carbons (Fsp3) is 0.0833. The van der Waals surface area contributed by atoms with Gasteiger partial charge in [-0.1, -0.05) is 37.9 Å². The summed E-state index contributed by atoms with van der Waals surface area (Å²) in [5.74, 6) is 1.43. The van der Waals surface area contributed by atoms with Crippen molar-refractivity contribution in [3.8, 4) is 11.6 Å². The number of halogens is 2. The molecule has 2 heterocycles. The third-order valence-corrected chi connectivity index (χ3v) is 4.24. The van der Waals surface area contributed by atoms with E-state index in [0.717, 1.165) is 20.9 Å². The van der Waals surface area contributed by atoms with Gasteiger partial charge in [-0.15, -0.1) is 11.3 Å². The lowest BCUT2D eigenvalue weighted by Crippen LogP contribution is -1.90. The second-order valence-electron chi connectivity index (χ2n) is 3.61. The normalized spacial score (nSPS) is 11.0. The van der Waals surface area contributed by atoms with Gasteiger partial charge < -0.3 is 4.74 Å². The maximum Gasteiger partial charge on any atom is 0.243 e. The van der Waals surface area contributed by atoms with Crippen molar-refractivity contribution < 1.29 is 4.74 Å². The van der Waals surface area contributed by atoms with E-state index in [-0.39, 0.29) is 0 Å². The number of ether oxygens (including phenoxy) is 1. The Morgan fingerprint density at radius 3 is 3.06 bits per heavy atom. The molecule has 3 aromatic rings. The second-order valence-corrected chi connectivity index (χ2v) is 5.96. The Kier molecular flexibility index (Phi) is 3.41. The largest absolute Gasteiger partial charge is 0.437 e. The van der Waals surface area contributed by atoms with Crippen LogP contribution in [0.5, 0.6) is 11.6 Å². The van der Waals surface area contributed by atoms with Crippen molar-refractivity contribution in [2.45, 2.75) is 5.33 Å². The molecule has 0 fully saturated rings. The number of benzene rings is 1. The Bertz CT molecular complexity index is 692. The molecule has 1 aromatic carbocycles. The lowest BCUT2D eigenvalue weighted by molar-refractivity contribution is 0.461. The van der Waals surface area contributed by atoms with E-state index >= 15 is 0 Å². The molecule has 0 aliphatic rings. The summed E-state index contributed by atoms with van der Waals surface area (Å²) in [5.41, 5.74) is 1.02. The molecule has 0 N–H and O–H groups in total. The minimum atomic E-state index is 0.650. The molecular formula is C12H8Br2N2OS. The third kappa shape index (κ3) is 2.20. The zero-order valence-corrected chi connectivity index (χ0v) is 13.1. The number of hydrogen-bond acceptors (Lipinski definition) is 3. The highest BCUT2D eigenvalue weighted by molar-refractivity contribution is 9.10. The van der Waals surface area contributed by atoms with Gasteiger partial charge in [-0.2, -0.15) is 4.98 Å². The number of hydrogen-bond donors (Lipinski definition) is 0. The monoisotopic (exact) mass is 386 g/mol. The van der Waals surface area contributed by atoms with Gasteiger partial charge in [0.2, 0.25) is 5.88 Å². The van der Waals surface area contributed by atoms with Crippen molar-refractivity contribution in [2.75, 3.05) is 0 Å². The van der Waals surface area contributed by atoms with Crippen molar-refractivity contribution in [1.82, 2.24) is 9.38 Å². The van der Waals surface area contributed by atoms with Crippen molar-refractivity contribution in [3.05, 3.63) is 46.0 Å². The van der Waals surface area contributed by atoms with Crippen LogP contribution in [-0.4, -0.2) is 9.38 Å². The highest BCUT2D eigenvalue weighted by Crippen LogP contribution is 2.30. The van der Waals surface area contributed by atoms with Gasteiger partial charge in [-0.3, -0.25) is 4.40 Å². The SMILES string of the molecule is BrCc1c(Oc2cccc(Br)c2)nc2sccn12. The van der Waals surface area contributed by atoms with E-state index in [2.05, 4.69) is 36.8 Å². The quantitative estimate of drug-likeness (QED) is 0.600. The summed E-state index contributed by atoms with van der Waals surface area (Å²) in [5, 5.41) is 2.71. The Hall–Kier alpha value is -0.850. The average molecular weight is 388 g/mol. The van der Waals surface area contributed by atoms with Crippen LogP contribution < -0.4 is 4.74 Å².